The van der Waals surface area contributed by atoms with E-state index in [4.69, 9.17) is 0 Å². The molecule has 0 heterocycles. The Morgan fingerprint density at radius 3 is 2.67 bits per heavy atom. The van der Waals surface area contributed by atoms with Crippen molar-refractivity contribution in [1.29, 1.82) is 0 Å². The minimum Gasteiger partial charge on any atom is -0.350 e. The highest BCUT2D eigenvalue weighted by Crippen LogP contribution is 1.65. The molecule has 0 aliphatic rings. The second-order valence-corrected chi connectivity index (χ2v) is 1.54. The van der Waals surface area contributed by atoms with Gasteiger partial charge in [0, 0.05) is 11.8 Å². The molecule has 0 saturated heterocycles. The molecule has 0 atom stereocenters. The molecule has 0 unspecified atom stereocenters. The quantitative estimate of drug-likeness (QED) is 0.411. The Hall–Kier alpha value is -1.13. The third-order valence-electron chi connectivity index (χ3n) is 0.668. The summed E-state index contributed by atoms with van der Waals surface area (Å²) in [5.74, 6) is -0.239. The fraction of sp³-hybridized carbons (Fsp3) is 0.750. The molecule has 0 aromatic carbocycles. The van der Waals surface area contributed by atoms with E-state index in [1.807, 2.05) is 0 Å². The first-order chi connectivity index (χ1) is 4.13. The average molecular weight is 132 g/mol. The first kappa shape index (κ1) is 7.87. The minimum absolute atomic E-state index is 0.113. The maximum atomic E-state index is 10.1. The van der Waals surface area contributed by atoms with Crippen molar-refractivity contribution in [2.24, 2.45) is 0 Å². The van der Waals surface area contributed by atoms with Crippen LogP contribution in [0, 0.1) is 10.1 Å². The van der Waals surface area contributed by atoms with Crippen LogP contribution in [0.5, 0.6) is 0 Å². The summed E-state index contributed by atoms with van der Waals surface area (Å²) in [5, 5.41) is 11.9. The molecule has 0 rings (SSSR count). The molecule has 0 aliphatic heterocycles. The van der Waals surface area contributed by atoms with Crippen molar-refractivity contribution in [3.63, 3.8) is 0 Å². The van der Waals surface area contributed by atoms with Crippen LogP contribution in [-0.4, -0.2) is 23.9 Å². The van der Waals surface area contributed by atoms with Crippen molar-refractivity contribution >= 4 is 5.91 Å². The molecule has 0 fully saturated rings. The van der Waals surface area contributed by atoms with Crippen molar-refractivity contribution in [2.75, 3.05) is 13.1 Å². The number of nitro groups is 1. The fourth-order valence-electron chi connectivity index (χ4n) is 0.323. The maximum absolute atomic E-state index is 10.1. The Morgan fingerprint density at radius 2 is 2.33 bits per heavy atom. The number of nitrogens with one attached hydrogen (secondary N) is 1. The molecule has 0 saturated carbocycles. The summed E-state index contributed by atoms with van der Waals surface area (Å²) in [6, 6.07) is 0. The first-order valence-electron chi connectivity index (χ1n) is 2.49. The summed E-state index contributed by atoms with van der Waals surface area (Å²) in [4.78, 5) is 19.3. The SMILES string of the molecule is CC(=O)NCC[N+](=O)[O-]. The zero-order valence-corrected chi connectivity index (χ0v) is 5.09. The van der Waals surface area contributed by atoms with Gasteiger partial charge in [-0.2, -0.15) is 0 Å². The monoisotopic (exact) mass is 132 g/mol. The number of amides is 1. The van der Waals surface area contributed by atoms with Crippen molar-refractivity contribution in [3.05, 3.63) is 10.1 Å². The van der Waals surface area contributed by atoms with E-state index in [0.29, 0.717) is 0 Å². The zero-order valence-electron chi connectivity index (χ0n) is 5.09. The number of nitrogens with zero attached hydrogens (tertiary/aromatic N) is 1. The van der Waals surface area contributed by atoms with Gasteiger partial charge in [-0.15, -0.1) is 0 Å². The Morgan fingerprint density at radius 1 is 1.78 bits per heavy atom. The normalized spacial score (nSPS) is 8.56. The molecular weight excluding hydrogens is 124 g/mol. The summed E-state index contributed by atoms with van der Waals surface area (Å²) < 4.78 is 0. The van der Waals surface area contributed by atoms with E-state index in [2.05, 4.69) is 5.32 Å². The van der Waals surface area contributed by atoms with Crippen LogP contribution in [0.2, 0.25) is 0 Å². The molecule has 5 nitrogen and oxygen atoms in total. The molecule has 52 valence electrons. The maximum Gasteiger partial charge on any atom is 0.220 e. The summed E-state index contributed by atoms with van der Waals surface area (Å²) in [7, 11) is 0. The van der Waals surface area contributed by atoms with E-state index < -0.39 is 4.92 Å². The van der Waals surface area contributed by atoms with E-state index in [-0.39, 0.29) is 19.0 Å². The highest BCUT2D eigenvalue weighted by molar-refractivity contribution is 5.72. The van der Waals surface area contributed by atoms with Crippen LogP contribution in [0.15, 0.2) is 0 Å². The van der Waals surface area contributed by atoms with Gasteiger partial charge >= 0.3 is 0 Å². The Balaban J connectivity index is 3.10. The molecule has 0 radical (unpaired) electrons. The fourth-order valence-corrected chi connectivity index (χ4v) is 0.323. The summed E-state index contributed by atoms with van der Waals surface area (Å²) >= 11 is 0. The van der Waals surface area contributed by atoms with Gasteiger partial charge in [0.2, 0.25) is 12.5 Å². The number of hydrogen-bond donors (Lipinski definition) is 1. The second-order valence-electron chi connectivity index (χ2n) is 1.54. The van der Waals surface area contributed by atoms with E-state index in [9.17, 15) is 14.9 Å². The van der Waals surface area contributed by atoms with Gasteiger partial charge in [-0.1, -0.05) is 0 Å². The van der Waals surface area contributed by atoms with Gasteiger partial charge in [-0.05, 0) is 0 Å². The van der Waals surface area contributed by atoms with Crippen LogP contribution < -0.4 is 5.32 Å². The number of rotatable bonds is 3. The van der Waals surface area contributed by atoms with Gasteiger partial charge in [-0.25, -0.2) is 0 Å². The second kappa shape index (κ2) is 3.82. The Labute approximate surface area is 52.2 Å². The lowest BCUT2D eigenvalue weighted by molar-refractivity contribution is -0.477. The molecule has 0 aromatic heterocycles. The van der Waals surface area contributed by atoms with E-state index in [1.54, 1.807) is 0 Å². The minimum atomic E-state index is -0.476. The average Bonchev–Trinajstić information content (AvgIpc) is 1.63. The summed E-state index contributed by atoms with van der Waals surface area (Å²) in [6.45, 7) is 1.22. The molecule has 9 heavy (non-hydrogen) atoms. The van der Waals surface area contributed by atoms with Gasteiger partial charge in [0.05, 0.1) is 6.54 Å². The van der Waals surface area contributed by atoms with Crippen LogP contribution in [0.4, 0.5) is 0 Å². The van der Waals surface area contributed by atoms with Gasteiger partial charge < -0.3 is 5.32 Å². The van der Waals surface area contributed by atoms with Gasteiger partial charge in [0.1, 0.15) is 0 Å². The zero-order chi connectivity index (χ0) is 7.28. The van der Waals surface area contributed by atoms with Crippen molar-refractivity contribution in [2.45, 2.75) is 6.92 Å². The van der Waals surface area contributed by atoms with Gasteiger partial charge in [0.25, 0.3) is 0 Å². The topological polar surface area (TPSA) is 72.2 Å². The lowest BCUT2D eigenvalue weighted by Gasteiger charge is -1.93. The predicted molar refractivity (Wildman–Crippen MR) is 30.5 cm³/mol. The molecular formula is C4H8N2O3. The lowest BCUT2D eigenvalue weighted by Crippen LogP contribution is -2.26. The number of hydrogen-bond acceptors (Lipinski definition) is 3. The van der Waals surface area contributed by atoms with Gasteiger partial charge in [0.15, 0.2) is 0 Å². The van der Waals surface area contributed by atoms with E-state index >= 15 is 0 Å². The highest BCUT2D eigenvalue weighted by Gasteiger charge is 1.95. The molecule has 1 N–H and O–H groups in total. The molecule has 5 heteroatoms. The molecule has 0 aliphatic carbocycles. The third-order valence-corrected chi connectivity index (χ3v) is 0.668. The molecule has 0 spiro atoms. The van der Waals surface area contributed by atoms with Crippen molar-refractivity contribution < 1.29 is 9.72 Å². The molecule has 1 amide bonds. The number of carbonyl (C=O) groups excluding carboxylic acids is 1. The highest BCUT2D eigenvalue weighted by atomic mass is 16.6. The van der Waals surface area contributed by atoms with Crippen LogP contribution in [-0.2, 0) is 4.79 Å². The van der Waals surface area contributed by atoms with Crippen molar-refractivity contribution in [3.8, 4) is 0 Å². The first-order valence-corrected chi connectivity index (χ1v) is 2.49. The van der Waals surface area contributed by atoms with Crippen LogP contribution in [0.1, 0.15) is 6.92 Å². The summed E-state index contributed by atoms with van der Waals surface area (Å²) in [5.41, 5.74) is 0. The van der Waals surface area contributed by atoms with Crippen LogP contribution >= 0.6 is 0 Å². The summed E-state index contributed by atoms with van der Waals surface area (Å²) in [6.07, 6.45) is 0. The lowest BCUT2D eigenvalue weighted by atomic mass is 10.6. The van der Waals surface area contributed by atoms with E-state index in [0.717, 1.165) is 0 Å². The van der Waals surface area contributed by atoms with Crippen LogP contribution in [0.3, 0.4) is 0 Å². The smallest absolute Gasteiger partial charge is 0.220 e. The molecule has 0 bridgehead atoms. The van der Waals surface area contributed by atoms with Crippen molar-refractivity contribution in [1.82, 2.24) is 5.32 Å². The predicted octanol–water partition coefficient (Wildman–Crippen LogP) is -0.601. The van der Waals surface area contributed by atoms with E-state index in [1.165, 1.54) is 6.92 Å². The Kier molecular flexibility index (Phi) is 3.34. The third kappa shape index (κ3) is 6.87. The number of carbonyl (C=O) groups is 1. The molecule has 0 aromatic rings. The van der Waals surface area contributed by atoms with Gasteiger partial charge in [-0.3, -0.25) is 14.9 Å². The standard InChI is InChI=1S/C4H8N2O3/c1-4(7)5-2-3-6(8)9/h2-3H2,1H3,(H,5,7). The Bertz CT molecular complexity index is 109. The largest absolute Gasteiger partial charge is 0.350 e. The van der Waals surface area contributed by atoms with Crippen LogP contribution in [0.25, 0.3) is 0 Å².